The van der Waals surface area contributed by atoms with E-state index in [1.165, 1.54) is 193 Å². The van der Waals surface area contributed by atoms with Gasteiger partial charge in [-0.3, -0.25) is 13.8 Å². The number of phosphoric ester groups is 1. The minimum absolute atomic E-state index is 0.0786. The second-order valence-corrected chi connectivity index (χ2v) is 20.4. The number of likely N-dealkylation sites (N-methyl/N-ethyl adjacent to an activating group) is 1. The highest BCUT2D eigenvalue weighted by Crippen LogP contribution is 2.43. The van der Waals surface area contributed by atoms with Crippen LogP contribution in [0.2, 0.25) is 0 Å². The van der Waals surface area contributed by atoms with Crippen LogP contribution in [0.4, 0.5) is 0 Å². The van der Waals surface area contributed by atoms with E-state index in [1.54, 1.807) is 0 Å². The summed E-state index contributed by atoms with van der Waals surface area (Å²) in [7, 11) is 1.63. The molecule has 3 atom stereocenters. The Bertz CT molecular complexity index is 916. The van der Waals surface area contributed by atoms with Crippen molar-refractivity contribution < 1.29 is 32.9 Å². The van der Waals surface area contributed by atoms with Crippen LogP contribution in [0.3, 0.4) is 0 Å². The third-order valence-electron chi connectivity index (χ3n) is 11.9. The van der Waals surface area contributed by atoms with E-state index in [1.807, 2.05) is 21.1 Å². The quantitative estimate of drug-likeness (QED) is 0.0320. The molecule has 0 spiro atoms. The number of hydrogen-bond donors (Lipinski definition) is 3. The van der Waals surface area contributed by atoms with Gasteiger partial charge in [0, 0.05) is 6.42 Å². The second-order valence-electron chi connectivity index (χ2n) is 18.9. The highest BCUT2D eigenvalue weighted by Gasteiger charge is 2.28. The summed E-state index contributed by atoms with van der Waals surface area (Å²) < 4.78 is 23.6. The average Bonchev–Trinajstić information content (AvgIpc) is 3.17. The van der Waals surface area contributed by atoms with Gasteiger partial charge in [-0.2, -0.15) is 0 Å². The molecule has 9 heteroatoms. The lowest BCUT2D eigenvalue weighted by Gasteiger charge is -2.26. The van der Waals surface area contributed by atoms with Crippen LogP contribution in [0.1, 0.15) is 258 Å². The summed E-state index contributed by atoms with van der Waals surface area (Å²) >= 11 is 0. The van der Waals surface area contributed by atoms with Gasteiger partial charge in [-0.05, 0) is 12.8 Å². The number of unbranched alkanes of at least 4 members (excludes halogenated alkanes) is 34. The van der Waals surface area contributed by atoms with E-state index >= 15 is 0 Å². The van der Waals surface area contributed by atoms with E-state index < -0.39 is 20.0 Å². The number of phosphoric acid groups is 1. The van der Waals surface area contributed by atoms with Crippen LogP contribution < -0.4 is 5.32 Å². The number of amides is 1. The second kappa shape index (κ2) is 41.8. The topological polar surface area (TPSA) is 105 Å². The van der Waals surface area contributed by atoms with Crippen molar-refractivity contribution in [2.24, 2.45) is 0 Å². The smallest absolute Gasteiger partial charge is 0.391 e. The molecule has 0 aliphatic carbocycles. The Balaban J connectivity index is 4.06. The third-order valence-corrected chi connectivity index (χ3v) is 12.8. The molecule has 0 bridgehead atoms. The van der Waals surface area contributed by atoms with Crippen LogP contribution in [0.25, 0.3) is 0 Å². The van der Waals surface area contributed by atoms with Gasteiger partial charge in [0.2, 0.25) is 5.91 Å². The van der Waals surface area contributed by atoms with E-state index in [0.717, 1.165) is 38.5 Å². The molecule has 0 saturated carbocycles. The molecule has 0 aliphatic rings. The van der Waals surface area contributed by atoms with Crippen LogP contribution in [0, 0.1) is 0 Å². The molecule has 348 valence electrons. The SMILES string of the molecule is CCCCCCCCCCCCCCCCCCCCCCCCCCCCC(O)C(COP(=O)(O)OCC[N+](C)(C)C)NC(=O)CCCCCCCCCCCC. The molecule has 8 nitrogen and oxygen atoms in total. The molecule has 0 heterocycles. The number of aliphatic hydroxyl groups excluding tert-OH is 1. The van der Waals surface area contributed by atoms with Crippen molar-refractivity contribution in [1.82, 2.24) is 5.32 Å². The van der Waals surface area contributed by atoms with Crippen LogP contribution in [-0.4, -0.2) is 73.4 Å². The van der Waals surface area contributed by atoms with Crippen LogP contribution >= 0.6 is 7.82 Å². The average molecular weight is 846 g/mol. The van der Waals surface area contributed by atoms with Crippen LogP contribution in [0.5, 0.6) is 0 Å². The first-order chi connectivity index (χ1) is 28.0. The Labute approximate surface area is 361 Å². The lowest BCUT2D eigenvalue weighted by Crippen LogP contribution is -2.46. The van der Waals surface area contributed by atoms with Crippen molar-refractivity contribution in [1.29, 1.82) is 0 Å². The van der Waals surface area contributed by atoms with Gasteiger partial charge in [-0.25, -0.2) is 4.57 Å². The maximum atomic E-state index is 12.9. The summed E-state index contributed by atoms with van der Waals surface area (Å²) in [4.78, 5) is 23.1. The highest BCUT2D eigenvalue weighted by atomic mass is 31.2. The van der Waals surface area contributed by atoms with Crippen molar-refractivity contribution in [3.8, 4) is 0 Å². The van der Waals surface area contributed by atoms with E-state index in [-0.39, 0.29) is 19.1 Å². The molecule has 0 saturated heterocycles. The van der Waals surface area contributed by atoms with Crippen molar-refractivity contribution in [3.05, 3.63) is 0 Å². The molecular formula is C49H102N2O6P+. The van der Waals surface area contributed by atoms with Gasteiger partial charge < -0.3 is 19.8 Å². The molecule has 0 rings (SSSR count). The highest BCUT2D eigenvalue weighted by molar-refractivity contribution is 7.47. The van der Waals surface area contributed by atoms with Gasteiger partial charge in [0.1, 0.15) is 13.2 Å². The summed E-state index contributed by atoms with van der Waals surface area (Å²) in [6.07, 6.45) is 47.3. The normalized spacial score (nSPS) is 14.1. The number of rotatable bonds is 47. The largest absolute Gasteiger partial charge is 0.472 e. The number of aliphatic hydroxyl groups is 1. The van der Waals surface area contributed by atoms with Gasteiger partial charge in [-0.1, -0.05) is 239 Å². The van der Waals surface area contributed by atoms with Gasteiger partial charge in [-0.15, -0.1) is 0 Å². The minimum Gasteiger partial charge on any atom is -0.391 e. The first-order valence-electron chi connectivity index (χ1n) is 25.4. The van der Waals surface area contributed by atoms with E-state index in [0.29, 0.717) is 23.9 Å². The Kier molecular flexibility index (Phi) is 41.5. The Morgan fingerprint density at radius 1 is 0.517 bits per heavy atom. The number of quaternary nitrogens is 1. The Hall–Kier alpha value is -0.500. The fourth-order valence-electron chi connectivity index (χ4n) is 7.81. The predicted octanol–water partition coefficient (Wildman–Crippen LogP) is 14.5. The molecule has 0 aliphatic heterocycles. The fourth-order valence-corrected chi connectivity index (χ4v) is 8.55. The van der Waals surface area contributed by atoms with Crippen molar-refractivity contribution in [2.75, 3.05) is 40.9 Å². The lowest BCUT2D eigenvalue weighted by atomic mass is 10.0. The molecule has 3 N–H and O–H groups in total. The lowest BCUT2D eigenvalue weighted by molar-refractivity contribution is -0.870. The first kappa shape index (κ1) is 57.5. The van der Waals surface area contributed by atoms with Crippen molar-refractivity contribution in [2.45, 2.75) is 270 Å². The summed E-state index contributed by atoms with van der Waals surface area (Å²) in [6.45, 7) is 4.90. The molecule has 0 fully saturated rings. The van der Waals surface area contributed by atoms with Gasteiger partial charge in [0.25, 0.3) is 0 Å². The maximum Gasteiger partial charge on any atom is 0.472 e. The zero-order chi connectivity index (χ0) is 42.8. The number of carbonyl (C=O) groups is 1. The molecule has 1 amide bonds. The van der Waals surface area contributed by atoms with Crippen molar-refractivity contribution in [3.63, 3.8) is 0 Å². The van der Waals surface area contributed by atoms with Gasteiger partial charge in [0.05, 0.1) is 39.9 Å². The molecule has 0 aromatic carbocycles. The van der Waals surface area contributed by atoms with Crippen LogP contribution in [-0.2, 0) is 18.4 Å². The molecular weight excluding hydrogens is 744 g/mol. The number of carbonyl (C=O) groups excluding carboxylic acids is 1. The maximum absolute atomic E-state index is 12.9. The van der Waals surface area contributed by atoms with E-state index in [4.69, 9.17) is 9.05 Å². The number of nitrogens with one attached hydrogen (secondary N) is 1. The predicted molar refractivity (Wildman–Crippen MR) is 249 cm³/mol. The Morgan fingerprint density at radius 3 is 1.16 bits per heavy atom. The number of nitrogens with zero attached hydrogens (tertiary/aromatic N) is 1. The molecule has 3 unspecified atom stereocenters. The van der Waals surface area contributed by atoms with E-state index in [2.05, 4.69) is 19.2 Å². The first-order valence-corrected chi connectivity index (χ1v) is 26.9. The molecule has 0 aromatic rings. The number of hydrogen-bond acceptors (Lipinski definition) is 5. The van der Waals surface area contributed by atoms with E-state index in [9.17, 15) is 19.4 Å². The van der Waals surface area contributed by atoms with Crippen molar-refractivity contribution >= 4 is 13.7 Å². The summed E-state index contributed by atoms with van der Waals surface area (Å²) in [5.74, 6) is -0.143. The van der Waals surface area contributed by atoms with Gasteiger partial charge >= 0.3 is 7.82 Å². The summed E-state index contributed by atoms with van der Waals surface area (Å²) in [6, 6.07) is -0.752. The summed E-state index contributed by atoms with van der Waals surface area (Å²) in [5.41, 5.74) is 0. The van der Waals surface area contributed by atoms with Crippen LogP contribution in [0.15, 0.2) is 0 Å². The third kappa shape index (κ3) is 43.6. The fraction of sp³-hybridized carbons (Fsp3) is 0.980. The zero-order valence-electron chi connectivity index (χ0n) is 39.6. The zero-order valence-corrected chi connectivity index (χ0v) is 40.5. The Morgan fingerprint density at radius 2 is 0.828 bits per heavy atom. The standard InChI is InChI=1S/C49H101N2O6P/c1-6-8-10-12-14-16-18-19-20-21-22-23-24-25-26-27-28-29-30-31-32-33-34-36-38-40-42-48(52)47(46-57-58(54,55)56-45-44-51(3,4)5)50-49(53)43-41-39-37-35-17-15-13-11-9-7-2/h47-48,52H,6-46H2,1-5H3,(H-,50,53,54,55)/p+1. The molecule has 58 heavy (non-hydrogen) atoms. The molecule has 0 aromatic heterocycles. The molecule has 0 radical (unpaired) electrons. The minimum atomic E-state index is -4.31. The van der Waals surface area contributed by atoms with Gasteiger partial charge in [0.15, 0.2) is 0 Å². The monoisotopic (exact) mass is 846 g/mol. The summed E-state index contributed by atoms with van der Waals surface area (Å²) in [5, 5.41) is 14.0.